The number of rotatable bonds is 3. The van der Waals surface area contributed by atoms with Gasteiger partial charge >= 0.3 is 5.97 Å². The molecule has 4 heteroatoms. The van der Waals surface area contributed by atoms with Crippen molar-refractivity contribution in [1.29, 1.82) is 0 Å². The van der Waals surface area contributed by atoms with Gasteiger partial charge in [-0.05, 0) is 5.41 Å². The maximum absolute atomic E-state index is 11.5. The summed E-state index contributed by atoms with van der Waals surface area (Å²) < 4.78 is 5.21. The van der Waals surface area contributed by atoms with Gasteiger partial charge in [-0.3, -0.25) is 9.69 Å². The van der Waals surface area contributed by atoms with Gasteiger partial charge in [0.1, 0.15) is 0 Å². The van der Waals surface area contributed by atoms with E-state index in [2.05, 4.69) is 31.0 Å². The van der Waals surface area contributed by atoms with Crippen LogP contribution in [0.3, 0.4) is 0 Å². The van der Waals surface area contributed by atoms with Crippen LogP contribution in [-0.4, -0.2) is 50.2 Å². The monoisotopic (exact) mass is 214 g/mol. The molecular weight excluding hydrogens is 192 g/mol. The van der Waals surface area contributed by atoms with E-state index < -0.39 is 0 Å². The molecule has 0 aliphatic carbocycles. The molecule has 0 aromatic carbocycles. The molecule has 0 spiro atoms. The van der Waals surface area contributed by atoms with Crippen LogP contribution in [0.25, 0.3) is 0 Å². The molecule has 15 heavy (non-hydrogen) atoms. The predicted molar refractivity (Wildman–Crippen MR) is 59.7 cm³/mol. The van der Waals surface area contributed by atoms with Crippen LogP contribution in [0.4, 0.5) is 0 Å². The van der Waals surface area contributed by atoms with E-state index in [1.807, 2.05) is 0 Å². The molecule has 0 unspecified atom stereocenters. The van der Waals surface area contributed by atoms with Gasteiger partial charge in [0.25, 0.3) is 0 Å². The Hall–Kier alpha value is -0.610. The van der Waals surface area contributed by atoms with Crippen LogP contribution in [0.2, 0.25) is 0 Å². The second-order valence-electron chi connectivity index (χ2n) is 5.25. The zero-order valence-corrected chi connectivity index (χ0v) is 10.0. The average molecular weight is 214 g/mol. The summed E-state index contributed by atoms with van der Waals surface area (Å²) in [4.78, 5) is 13.6. The minimum absolute atomic E-state index is 0.0547. The van der Waals surface area contributed by atoms with Crippen LogP contribution < -0.4 is 5.32 Å². The van der Waals surface area contributed by atoms with Gasteiger partial charge < -0.3 is 10.1 Å². The third-order valence-corrected chi connectivity index (χ3v) is 2.23. The number of piperazine rings is 1. The summed E-state index contributed by atoms with van der Waals surface area (Å²) in [6, 6.07) is 0. The maximum Gasteiger partial charge on any atom is 0.320 e. The number of hydrogen-bond donors (Lipinski definition) is 1. The first-order valence-corrected chi connectivity index (χ1v) is 5.56. The highest BCUT2D eigenvalue weighted by molar-refractivity contribution is 5.71. The first-order chi connectivity index (χ1) is 6.97. The summed E-state index contributed by atoms with van der Waals surface area (Å²) in [6.07, 6.45) is 0. The van der Waals surface area contributed by atoms with E-state index in [0.717, 1.165) is 26.2 Å². The molecule has 1 aliphatic heterocycles. The molecule has 0 saturated carbocycles. The van der Waals surface area contributed by atoms with Crippen LogP contribution >= 0.6 is 0 Å². The zero-order valence-electron chi connectivity index (χ0n) is 10.0. The lowest BCUT2D eigenvalue weighted by Gasteiger charge is -2.26. The topological polar surface area (TPSA) is 41.6 Å². The Kier molecular flexibility index (Phi) is 4.54. The molecular formula is C11H22N2O2. The van der Waals surface area contributed by atoms with Gasteiger partial charge in [-0.1, -0.05) is 20.8 Å². The van der Waals surface area contributed by atoms with E-state index in [0.29, 0.717) is 13.2 Å². The number of nitrogens with zero attached hydrogens (tertiary/aromatic N) is 1. The lowest BCUT2D eigenvalue weighted by atomic mass is 9.99. The predicted octanol–water partition coefficient (Wildman–Crippen LogP) is 0.481. The average Bonchev–Trinajstić information content (AvgIpc) is 2.15. The molecule has 0 bridgehead atoms. The van der Waals surface area contributed by atoms with Crippen molar-refractivity contribution in [3.05, 3.63) is 0 Å². The van der Waals surface area contributed by atoms with Crippen molar-refractivity contribution in [2.75, 3.05) is 39.3 Å². The normalized spacial score (nSPS) is 18.9. The third kappa shape index (κ3) is 5.74. The van der Waals surface area contributed by atoms with Crippen molar-refractivity contribution in [3.8, 4) is 0 Å². The Morgan fingerprint density at radius 2 is 1.93 bits per heavy atom. The standard InChI is InChI=1S/C11H22N2O2/c1-11(2,3)9-15-10(14)8-13-6-4-12-5-7-13/h12H,4-9H2,1-3H3. The highest BCUT2D eigenvalue weighted by atomic mass is 16.5. The number of carbonyl (C=O) groups excluding carboxylic acids is 1. The lowest BCUT2D eigenvalue weighted by molar-refractivity contribution is -0.147. The molecule has 1 N–H and O–H groups in total. The van der Waals surface area contributed by atoms with Crippen molar-refractivity contribution < 1.29 is 9.53 Å². The van der Waals surface area contributed by atoms with E-state index in [1.54, 1.807) is 0 Å². The van der Waals surface area contributed by atoms with Crippen LogP contribution in [0.5, 0.6) is 0 Å². The van der Waals surface area contributed by atoms with Crippen molar-refractivity contribution in [1.82, 2.24) is 10.2 Å². The van der Waals surface area contributed by atoms with Crippen LogP contribution in [0.1, 0.15) is 20.8 Å². The molecule has 88 valence electrons. The number of ether oxygens (including phenoxy) is 1. The van der Waals surface area contributed by atoms with E-state index in [1.165, 1.54) is 0 Å². The molecule has 1 saturated heterocycles. The van der Waals surface area contributed by atoms with Gasteiger partial charge in [0.2, 0.25) is 0 Å². The Morgan fingerprint density at radius 1 is 1.33 bits per heavy atom. The molecule has 0 aromatic rings. The molecule has 1 heterocycles. The highest BCUT2D eigenvalue weighted by Gasteiger charge is 2.17. The molecule has 0 aromatic heterocycles. The SMILES string of the molecule is CC(C)(C)COC(=O)CN1CCNCC1. The fraction of sp³-hybridized carbons (Fsp3) is 0.909. The lowest BCUT2D eigenvalue weighted by Crippen LogP contribution is -2.45. The molecule has 0 atom stereocenters. The maximum atomic E-state index is 11.5. The summed E-state index contributed by atoms with van der Waals surface area (Å²) in [6.45, 7) is 10.9. The van der Waals surface area contributed by atoms with Crippen molar-refractivity contribution in [3.63, 3.8) is 0 Å². The van der Waals surface area contributed by atoms with Crippen LogP contribution in [0.15, 0.2) is 0 Å². The summed E-state index contributed by atoms with van der Waals surface area (Å²) in [5, 5.41) is 3.25. The van der Waals surface area contributed by atoms with Crippen molar-refractivity contribution in [2.24, 2.45) is 5.41 Å². The van der Waals surface area contributed by atoms with Gasteiger partial charge in [-0.15, -0.1) is 0 Å². The Labute approximate surface area is 92.0 Å². The number of esters is 1. The van der Waals surface area contributed by atoms with Gasteiger partial charge in [-0.2, -0.15) is 0 Å². The Bertz CT molecular complexity index is 205. The summed E-state index contributed by atoms with van der Waals surface area (Å²) in [7, 11) is 0. The fourth-order valence-corrected chi connectivity index (χ4v) is 1.39. The van der Waals surface area contributed by atoms with E-state index in [-0.39, 0.29) is 11.4 Å². The Morgan fingerprint density at radius 3 is 2.47 bits per heavy atom. The summed E-state index contributed by atoms with van der Waals surface area (Å²) in [5.41, 5.74) is 0.0547. The minimum atomic E-state index is -0.105. The molecule has 4 nitrogen and oxygen atoms in total. The van der Waals surface area contributed by atoms with Gasteiger partial charge in [0, 0.05) is 26.2 Å². The summed E-state index contributed by atoms with van der Waals surface area (Å²) >= 11 is 0. The van der Waals surface area contributed by atoms with Crippen molar-refractivity contribution >= 4 is 5.97 Å². The smallest absolute Gasteiger partial charge is 0.320 e. The summed E-state index contributed by atoms with van der Waals surface area (Å²) in [5.74, 6) is -0.105. The van der Waals surface area contributed by atoms with E-state index in [4.69, 9.17) is 4.74 Å². The van der Waals surface area contributed by atoms with Crippen molar-refractivity contribution in [2.45, 2.75) is 20.8 Å². The highest BCUT2D eigenvalue weighted by Crippen LogP contribution is 2.12. The first-order valence-electron chi connectivity index (χ1n) is 5.56. The number of carbonyl (C=O) groups is 1. The molecule has 1 aliphatic rings. The van der Waals surface area contributed by atoms with Gasteiger partial charge in [0.05, 0.1) is 13.2 Å². The second-order valence-corrected chi connectivity index (χ2v) is 5.25. The fourth-order valence-electron chi connectivity index (χ4n) is 1.39. The van der Waals surface area contributed by atoms with Crippen LogP contribution in [0, 0.1) is 5.41 Å². The molecule has 0 radical (unpaired) electrons. The van der Waals surface area contributed by atoms with E-state index in [9.17, 15) is 4.79 Å². The quantitative estimate of drug-likeness (QED) is 0.694. The van der Waals surface area contributed by atoms with Crippen LogP contribution in [-0.2, 0) is 9.53 Å². The minimum Gasteiger partial charge on any atom is -0.464 e. The molecule has 1 rings (SSSR count). The Balaban J connectivity index is 2.17. The number of nitrogens with one attached hydrogen (secondary N) is 1. The third-order valence-electron chi connectivity index (χ3n) is 2.23. The largest absolute Gasteiger partial charge is 0.464 e. The van der Waals surface area contributed by atoms with E-state index >= 15 is 0 Å². The second kappa shape index (κ2) is 5.47. The van der Waals surface area contributed by atoms with Gasteiger partial charge in [0.15, 0.2) is 0 Å². The number of hydrogen-bond acceptors (Lipinski definition) is 4. The zero-order chi connectivity index (χ0) is 11.3. The molecule has 0 amide bonds. The molecule has 1 fully saturated rings. The van der Waals surface area contributed by atoms with Gasteiger partial charge in [-0.25, -0.2) is 0 Å². The first kappa shape index (κ1) is 12.5.